The Morgan fingerprint density at radius 1 is 1.24 bits per heavy atom. The Balaban J connectivity index is 1.93. The summed E-state index contributed by atoms with van der Waals surface area (Å²) in [4.78, 5) is 0. The summed E-state index contributed by atoms with van der Waals surface area (Å²) < 4.78 is 18.0. The molecule has 1 N–H and O–H groups in total. The Kier molecular flexibility index (Phi) is 3.53. The van der Waals surface area contributed by atoms with Gasteiger partial charge >= 0.3 is 0 Å². The van der Waals surface area contributed by atoms with Gasteiger partial charge in [0.25, 0.3) is 0 Å². The summed E-state index contributed by atoms with van der Waals surface area (Å²) in [5, 5.41) is 11.9. The third kappa shape index (κ3) is 2.92. The molecule has 0 aliphatic heterocycles. The molecule has 86 valence electrons. The van der Waals surface area contributed by atoms with Gasteiger partial charge in [-0.15, -0.1) is 0 Å². The maximum atomic E-state index is 13.1. The molecule has 2 rings (SSSR count). The average Bonchev–Trinajstić information content (AvgIpc) is 2.84. The minimum Gasteiger partial charge on any atom is -0.472 e. The topological polar surface area (TPSA) is 49.0 Å². The van der Waals surface area contributed by atoms with E-state index in [9.17, 15) is 4.39 Å². The molecule has 4 heteroatoms. The van der Waals surface area contributed by atoms with Crippen LogP contribution >= 0.6 is 0 Å². The Morgan fingerprint density at radius 3 is 2.76 bits per heavy atom. The van der Waals surface area contributed by atoms with E-state index in [1.807, 2.05) is 12.1 Å². The van der Waals surface area contributed by atoms with Gasteiger partial charge in [-0.3, -0.25) is 0 Å². The van der Waals surface area contributed by atoms with Crippen molar-refractivity contribution < 1.29 is 8.81 Å². The quantitative estimate of drug-likeness (QED) is 0.878. The average molecular weight is 230 g/mol. The van der Waals surface area contributed by atoms with Gasteiger partial charge in [0, 0.05) is 18.7 Å². The third-order valence-electron chi connectivity index (χ3n) is 2.39. The molecule has 0 radical (unpaired) electrons. The molecule has 0 saturated carbocycles. The second kappa shape index (κ2) is 5.28. The number of halogens is 1. The minimum absolute atomic E-state index is 0.0765. The minimum atomic E-state index is -0.480. The van der Waals surface area contributed by atoms with E-state index in [-0.39, 0.29) is 5.56 Å². The van der Waals surface area contributed by atoms with Gasteiger partial charge in [0.1, 0.15) is 11.9 Å². The highest BCUT2D eigenvalue weighted by molar-refractivity contribution is 5.34. The van der Waals surface area contributed by atoms with Gasteiger partial charge in [0.2, 0.25) is 0 Å². The summed E-state index contributed by atoms with van der Waals surface area (Å²) in [6, 6.07) is 8.23. The van der Waals surface area contributed by atoms with Crippen molar-refractivity contribution >= 4 is 0 Å². The number of nitrogens with one attached hydrogen (secondary N) is 1. The number of furan rings is 1. The van der Waals surface area contributed by atoms with Crippen molar-refractivity contribution in [1.29, 1.82) is 5.26 Å². The fraction of sp³-hybridized carbons (Fsp3) is 0.154. The second-order valence-electron chi connectivity index (χ2n) is 3.66. The molecule has 1 heterocycles. The number of benzene rings is 1. The van der Waals surface area contributed by atoms with Gasteiger partial charge in [0.05, 0.1) is 18.1 Å². The van der Waals surface area contributed by atoms with Crippen molar-refractivity contribution in [1.82, 2.24) is 5.32 Å². The van der Waals surface area contributed by atoms with Crippen LogP contribution in [0.4, 0.5) is 4.39 Å². The molecule has 3 nitrogen and oxygen atoms in total. The normalized spacial score (nSPS) is 10.1. The zero-order valence-corrected chi connectivity index (χ0v) is 9.11. The SMILES string of the molecule is N#Cc1cc(CNCc2ccoc2)ccc1F. The molecule has 2 aromatic rings. The Hall–Kier alpha value is -2.12. The van der Waals surface area contributed by atoms with Gasteiger partial charge in [-0.25, -0.2) is 4.39 Å². The van der Waals surface area contributed by atoms with Crippen molar-refractivity contribution in [2.45, 2.75) is 13.1 Å². The molecular weight excluding hydrogens is 219 g/mol. The molecule has 0 fully saturated rings. The fourth-order valence-corrected chi connectivity index (χ4v) is 1.51. The van der Waals surface area contributed by atoms with Crippen LogP contribution in [0.1, 0.15) is 16.7 Å². The lowest BCUT2D eigenvalue weighted by Crippen LogP contribution is -2.12. The molecule has 0 unspecified atom stereocenters. The predicted molar refractivity (Wildman–Crippen MR) is 60.4 cm³/mol. The van der Waals surface area contributed by atoms with Crippen LogP contribution in [0.5, 0.6) is 0 Å². The maximum Gasteiger partial charge on any atom is 0.140 e. The van der Waals surface area contributed by atoms with E-state index >= 15 is 0 Å². The van der Waals surface area contributed by atoms with Crippen LogP contribution < -0.4 is 5.32 Å². The van der Waals surface area contributed by atoms with Crippen LogP contribution in [0.3, 0.4) is 0 Å². The first-order chi connectivity index (χ1) is 8.29. The van der Waals surface area contributed by atoms with E-state index in [0.717, 1.165) is 11.1 Å². The summed E-state index contributed by atoms with van der Waals surface area (Å²) in [7, 11) is 0. The van der Waals surface area contributed by atoms with E-state index in [1.165, 1.54) is 6.07 Å². The largest absolute Gasteiger partial charge is 0.472 e. The predicted octanol–water partition coefficient (Wildman–Crippen LogP) is 2.58. The summed E-state index contributed by atoms with van der Waals surface area (Å²) in [5.41, 5.74) is 2.01. The van der Waals surface area contributed by atoms with Gasteiger partial charge in [-0.2, -0.15) is 5.26 Å². The smallest absolute Gasteiger partial charge is 0.140 e. The molecule has 0 aliphatic carbocycles. The number of hydrogen-bond acceptors (Lipinski definition) is 3. The Morgan fingerprint density at radius 2 is 2.06 bits per heavy atom. The van der Waals surface area contributed by atoms with Crippen LogP contribution in [0.15, 0.2) is 41.2 Å². The lowest BCUT2D eigenvalue weighted by molar-refractivity contribution is 0.560. The Bertz CT molecular complexity index is 529. The van der Waals surface area contributed by atoms with Gasteiger partial charge < -0.3 is 9.73 Å². The van der Waals surface area contributed by atoms with Crippen molar-refractivity contribution in [3.8, 4) is 6.07 Å². The first kappa shape index (κ1) is 11.4. The summed E-state index contributed by atoms with van der Waals surface area (Å²) in [5.74, 6) is -0.480. The molecule has 0 atom stereocenters. The van der Waals surface area contributed by atoms with Crippen LogP contribution in [0, 0.1) is 17.1 Å². The third-order valence-corrected chi connectivity index (χ3v) is 2.39. The molecule has 0 bridgehead atoms. The van der Waals surface area contributed by atoms with Crippen molar-refractivity contribution in [2.24, 2.45) is 0 Å². The number of hydrogen-bond donors (Lipinski definition) is 1. The van der Waals surface area contributed by atoms with Gasteiger partial charge in [0.15, 0.2) is 0 Å². The zero-order chi connectivity index (χ0) is 12.1. The monoisotopic (exact) mass is 230 g/mol. The lowest BCUT2D eigenvalue weighted by atomic mass is 10.1. The van der Waals surface area contributed by atoms with Crippen molar-refractivity contribution in [3.63, 3.8) is 0 Å². The lowest BCUT2D eigenvalue weighted by Gasteiger charge is -2.04. The van der Waals surface area contributed by atoms with Crippen LogP contribution in [-0.4, -0.2) is 0 Å². The second-order valence-corrected chi connectivity index (χ2v) is 3.66. The number of nitrogens with zero attached hydrogens (tertiary/aromatic N) is 1. The molecule has 1 aromatic heterocycles. The van der Waals surface area contributed by atoms with E-state index in [2.05, 4.69) is 5.32 Å². The first-order valence-corrected chi connectivity index (χ1v) is 5.20. The van der Waals surface area contributed by atoms with Gasteiger partial charge in [-0.05, 0) is 23.8 Å². The van der Waals surface area contributed by atoms with Crippen molar-refractivity contribution in [2.75, 3.05) is 0 Å². The van der Waals surface area contributed by atoms with Gasteiger partial charge in [-0.1, -0.05) is 6.07 Å². The molecular formula is C13H11FN2O. The summed E-state index contributed by atoms with van der Waals surface area (Å²) in [6.07, 6.45) is 3.28. The molecule has 0 aliphatic rings. The maximum absolute atomic E-state index is 13.1. The Labute approximate surface area is 98.5 Å². The van der Waals surface area contributed by atoms with E-state index in [4.69, 9.17) is 9.68 Å². The van der Waals surface area contributed by atoms with E-state index < -0.39 is 5.82 Å². The highest BCUT2D eigenvalue weighted by atomic mass is 19.1. The molecule has 17 heavy (non-hydrogen) atoms. The summed E-state index contributed by atoms with van der Waals surface area (Å²) in [6.45, 7) is 1.26. The first-order valence-electron chi connectivity index (χ1n) is 5.20. The number of nitriles is 1. The molecule has 1 aromatic carbocycles. The molecule has 0 amide bonds. The zero-order valence-electron chi connectivity index (χ0n) is 9.11. The highest BCUT2D eigenvalue weighted by Crippen LogP contribution is 2.09. The summed E-state index contributed by atoms with van der Waals surface area (Å²) >= 11 is 0. The molecule has 0 saturated heterocycles. The highest BCUT2D eigenvalue weighted by Gasteiger charge is 2.02. The molecule has 0 spiro atoms. The van der Waals surface area contributed by atoms with Crippen LogP contribution in [0.2, 0.25) is 0 Å². The van der Waals surface area contributed by atoms with Crippen LogP contribution in [0.25, 0.3) is 0 Å². The fourth-order valence-electron chi connectivity index (χ4n) is 1.51. The van der Waals surface area contributed by atoms with Crippen molar-refractivity contribution in [3.05, 3.63) is 59.3 Å². The van der Waals surface area contributed by atoms with E-state index in [1.54, 1.807) is 24.7 Å². The van der Waals surface area contributed by atoms with Crippen LogP contribution in [-0.2, 0) is 13.1 Å². The number of rotatable bonds is 4. The van der Waals surface area contributed by atoms with E-state index in [0.29, 0.717) is 13.1 Å². The standard InChI is InChI=1S/C13H11FN2O/c14-13-2-1-10(5-12(13)6-15)7-16-8-11-3-4-17-9-11/h1-5,9,16H,7-8H2.